The minimum Gasteiger partial charge on any atom is -0.462 e. The van der Waals surface area contributed by atoms with Crippen molar-refractivity contribution in [2.24, 2.45) is 0 Å². The van der Waals surface area contributed by atoms with Gasteiger partial charge in [-0.3, -0.25) is 14.4 Å². The minimum absolute atomic E-state index is 0.141. The highest BCUT2D eigenvalue weighted by Crippen LogP contribution is 2.11. The van der Waals surface area contributed by atoms with Crippen molar-refractivity contribution in [1.82, 2.24) is 0 Å². The summed E-state index contributed by atoms with van der Waals surface area (Å²) in [4.78, 5) is 38.0. The van der Waals surface area contributed by atoms with Gasteiger partial charge in [0.1, 0.15) is 13.2 Å². The minimum atomic E-state index is -0.853. The van der Waals surface area contributed by atoms with Crippen molar-refractivity contribution in [3.05, 3.63) is 158 Å². The lowest BCUT2D eigenvalue weighted by atomic mass is 10.1. The molecule has 69 heavy (non-hydrogen) atoms. The summed E-state index contributed by atoms with van der Waals surface area (Å²) in [6.45, 7) is 6.23. The van der Waals surface area contributed by atoms with Gasteiger partial charge >= 0.3 is 17.9 Å². The average Bonchev–Trinajstić information content (AvgIpc) is 3.35. The molecule has 0 N–H and O–H groups in total. The number of rotatable bonds is 46. The fraction of sp³-hybridized carbons (Fsp3) is 0.540. The number of carbonyl (C=O) groups excluding carboxylic acids is 3. The maximum absolute atomic E-state index is 12.8. The van der Waals surface area contributed by atoms with E-state index in [1.165, 1.54) is 44.9 Å². The smallest absolute Gasteiger partial charge is 0.306 e. The molecule has 0 rings (SSSR count). The fourth-order valence-corrected chi connectivity index (χ4v) is 6.61. The predicted octanol–water partition coefficient (Wildman–Crippen LogP) is 18.2. The molecule has 0 heterocycles. The van der Waals surface area contributed by atoms with Gasteiger partial charge in [-0.05, 0) is 109 Å². The van der Waals surface area contributed by atoms with E-state index in [0.717, 1.165) is 103 Å². The standard InChI is InChI=1S/C63H96O6/c1-4-7-10-13-16-19-22-25-28-30-31-33-35-38-41-44-47-50-53-56-62(65)68-59-60(58-67-61(64)55-52-49-46-43-40-37-34-27-24-21-18-15-12-9-6-3)69-63(66)57-54-51-48-45-42-39-36-32-29-26-23-20-17-14-11-8-5-2/h7,9-10,12,15-16,18-19,21,24-29,31,33-34,36,38-39,41,45,47-48,50,60H,4-6,8,11,13-14,17,20,22-23,30,32,35,37,40,42-44,46,49,51-59H2,1-3H3/b10-7-,12-9-,18-15-,19-16-,24-21-,28-25-,29-26-,33-31-,34-27-,39-36-,41-38-,48-45-,50-47-. The maximum Gasteiger partial charge on any atom is 0.306 e. The van der Waals surface area contributed by atoms with E-state index in [4.69, 9.17) is 14.2 Å². The normalized spacial score (nSPS) is 13.4. The summed E-state index contributed by atoms with van der Waals surface area (Å²) in [6.07, 6.45) is 81.0. The Kier molecular flexibility index (Phi) is 51.6. The van der Waals surface area contributed by atoms with Crippen LogP contribution in [0.1, 0.15) is 201 Å². The summed E-state index contributed by atoms with van der Waals surface area (Å²) in [6, 6.07) is 0. The van der Waals surface area contributed by atoms with Crippen LogP contribution in [0.2, 0.25) is 0 Å². The van der Waals surface area contributed by atoms with Gasteiger partial charge in [0, 0.05) is 19.3 Å². The Hall–Kier alpha value is -4.97. The zero-order valence-electron chi connectivity index (χ0n) is 43.8. The Bertz CT molecular complexity index is 1610. The van der Waals surface area contributed by atoms with Crippen LogP contribution in [0.15, 0.2) is 158 Å². The molecule has 6 heteroatoms. The highest BCUT2D eigenvalue weighted by molar-refractivity contribution is 5.71. The van der Waals surface area contributed by atoms with Crippen LogP contribution in [0, 0.1) is 0 Å². The van der Waals surface area contributed by atoms with Crippen LogP contribution in [0.3, 0.4) is 0 Å². The Balaban J connectivity index is 4.65. The molecule has 0 spiro atoms. The van der Waals surface area contributed by atoms with Crippen molar-refractivity contribution < 1.29 is 28.6 Å². The largest absolute Gasteiger partial charge is 0.462 e. The number of hydrogen-bond acceptors (Lipinski definition) is 6. The van der Waals surface area contributed by atoms with E-state index < -0.39 is 12.1 Å². The molecule has 0 aromatic carbocycles. The molecule has 0 radical (unpaired) electrons. The second kappa shape index (κ2) is 55.6. The summed E-state index contributed by atoms with van der Waals surface area (Å²) in [7, 11) is 0. The average molecular weight is 949 g/mol. The van der Waals surface area contributed by atoms with Gasteiger partial charge in [-0.2, -0.15) is 0 Å². The van der Waals surface area contributed by atoms with Crippen molar-refractivity contribution >= 4 is 17.9 Å². The van der Waals surface area contributed by atoms with Gasteiger partial charge in [0.2, 0.25) is 0 Å². The first-order valence-corrected chi connectivity index (χ1v) is 27.0. The first-order chi connectivity index (χ1) is 34.0. The third kappa shape index (κ3) is 53.8. The number of allylic oxidation sites excluding steroid dienone is 26. The van der Waals surface area contributed by atoms with E-state index in [-0.39, 0.29) is 38.0 Å². The van der Waals surface area contributed by atoms with Crippen molar-refractivity contribution in [2.45, 2.75) is 207 Å². The van der Waals surface area contributed by atoms with Gasteiger partial charge in [-0.1, -0.05) is 230 Å². The lowest BCUT2D eigenvalue weighted by Gasteiger charge is -2.18. The molecule has 0 aromatic heterocycles. The summed E-state index contributed by atoms with van der Waals surface area (Å²) in [5, 5.41) is 0. The van der Waals surface area contributed by atoms with E-state index in [1.807, 2.05) is 36.5 Å². The van der Waals surface area contributed by atoms with E-state index in [0.29, 0.717) is 19.3 Å². The summed E-state index contributed by atoms with van der Waals surface area (Å²) in [5.74, 6) is -1.11. The Labute approximate surface area is 422 Å². The quantitative estimate of drug-likeness (QED) is 0.0199. The highest BCUT2D eigenvalue weighted by Gasteiger charge is 2.19. The molecule has 6 nitrogen and oxygen atoms in total. The summed E-state index contributed by atoms with van der Waals surface area (Å²) < 4.78 is 16.7. The maximum atomic E-state index is 12.8. The second-order valence-electron chi connectivity index (χ2n) is 17.1. The molecule has 0 bridgehead atoms. The third-order valence-corrected chi connectivity index (χ3v) is 10.6. The molecular formula is C63H96O6. The van der Waals surface area contributed by atoms with Crippen LogP contribution >= 0.6 is 0 Å². The highest BCUT2D eigenvalue weighted by atomic mass is 16.6. The van der Waals surface area contributed by atoms with Crippen LogP contribution in [0.4, 0.5) is 0 Å². The molecule has 0 aliphatic rings. The Morgan fingerprint density at radius 1 is 0.319 bits per heavy atom. The lowest BCUT2D eigenvalue weighted by molar-refractivity contribution is -0.166. The van der Waals surface area contributed by atoms with Gasteiger partial charge in [-0.15, -0.1) is 0 Å². The second-order valence-corrected chi connectivity index (χ2v) is 17.1. The van der Waals surface area contributed by atoms with E-state index in [1.54, 1.807) is 0 Å². The first-order valence-electron chi connectivity index (χ1n) is 27.0. The molecule has 384 valence electrons. The SMILES string of the molecule is CC\C=C/C=C\C=C/C=C\CCCCCCCC(=O)OCC(COC(=O)CC/C=C\C/C=C\C/C=C\C/C=C\C/C=C\C/C=C\CC)OC(=O)CCC/C=C\C/C=C\C/C=C\CCCCCCCC. The molecule has 1 atom stereocenters. The molecule has 0 aliphatic heterocycles. The van der Waals surface area contributed by atoms with Crippen molar-refractivity contribution in [3.63, 3.8) is 0 Å². The van der Waals surface area contributed by atoms with E-state index in [2.05, 4.69) is 142 Å². The van der Waals surface area contributed by atoms with Gasteiger partial charge in [0.05, 0.1) is 0 Å². The van der Waals surface area contributed by atoms with Crippen LogP contribution in [-0.2, 0) is 28.6 Å². The molecule has 0 fully saturated rings. The predicted molar refractivity (Wildman–Crippen MR) is 297 cm³/mol. The van der Waals surface area contributed by atoms with Gasteiger partial charge < -0.3 is 14.2 Å². The van der Waals surface area contributed by atoms with Crippen molar-refractivity contribution in [1.29, 1.82) is 0 Å². The zero-order valence-corrected chi connectivity index (χ0v) is 43.8. The van der Waals surface area contributed by atoms with E-state index in [9.17, 15) is 14.4 Å². The molecule has 0 aromatic rings. The number of esters is 3. The summed E-state index contributed by atoms with van der Waals surface area (Å²) in [5.41, 5.74) is 0. The van der Waals surface area contributed by atoms with Crippen LogP contribution in [0.25, 0.3) is 0 Å². The van der Waals surface area contributed by atoms with Gasteiger partial charge in [-0.25, -0.2) is 0 Å². The topological polar surface area (TPSA) is 78.9 Å². The fourth-order valence-electron chi connectivity index (χ4n) is 6.61. The van der Waals surface area contributed by atoms with Crippen LogP contribution in [-0.4, -0.2) is 37.2 Å². The number of carbonyl (C=O) groups is 3. The number of unbranched alkanes of at least 4 members (excludes halogenated alkanes) is 12. The molecule has 0 amide bonds. The van der Waals surface area contributed by atoms with Gasteiger partial charge in [0.25, 0.3) is 0 Å². The third-order valence-electron chi connectivity index (χ3n) is 10.6. The van der Waals surface area contributed by atoms with Crippen LogP contribution in [0.5, 0.6) is 0 Å². The molecule has 0 saturated heterocycles. The molecule has 0 aliphatic carbocycles. The zero-order chi connectivity index (χ0) is 50.0. The van der Waals surface area contributed by atoms with Crippen molar-refractivity contribution in [3.8, 4) is 0 Å². The first kappa shape index (κ1) is 64.0. The van der Waals surface area contributed by atoms with Gasteiger partial charge in [0.15, 0.2) is 6.10 Å². The van der Waals surface area contributed by atoms with Crippen LogP contribution < -0.4 is 0 Å². The molecule has 0 saturated carbocycles. The Morgan fingerprint density at radius 2 is 0.681 bits per heavy atom. The Morgan fingerprint density at radius 3 is 1.19 bits per heavy atom. The number of ether oxygens (including phenoxy) is 3. The molecule has 1 unspecified atom stereocenters. The monoisotopic (exact) mass is 949 g/mol. The van der Waals surface area contributed by atoms with E-state index >= 15 is 0 Å². The van der Waals surface area contributed by atoms with Crippen molar-refractivity contribution in [2.75, 3.05) is 13.2 Å². The summed E-state index contributed by atoms with van der Waals surface area (Å²) >= 11 is 0. The number of hydrogen-bond donors (Lipinski definition) is 0. The molecular weight excluding hydrogens is 853 g/mol. The lowest BCUT2D eigenvalue weighted by Crippen LogP contribution is -2.30.